The normalized spacial score (nSPS) is 20.8. The number of benzene rings is 1. The number of amides is 1. The van der Waals surface area contributed by atoms with Crippen LogP contribution in [-0.2, 0) is 4.79 Å². The molecule has 1 fully saturated rings. The standard InChI is InChI=1S/C13H17FN2O2/c1-9(13(17)16-6-5-11(15)8-16)18-12-4-2-3-10(14)7-12/h2-4,7,9,11H,5-6,8,15H2,1H3/t9-,11-/m0/s1. The van der Waals surface area contributed by atoms with Crippen LogP contribution in [0.5, 0.6) is 5.75 Å². The lowest BCUT2D eigenvalue weighted by molar-refractivity contribution is -0.136. The van der Waals surface area contributed by atoms with E-state index in [1.807, 2.05) is 0 Å². The molecule has 0 bridgehead atoms. The second-order valence-electron chi connectivity index (χ2n) is 4.55. The van der Waals surface area contributed by atoms with Gasteiger partial charge in [0, 0.05) is 25.2 Å². The Labute approximate surface area is 106 Å². The summed E-state index contributed by atoms with van der Waals surface area (Å²) in [6.45, 7) is 2.89. The number of nitrogens with zero attached hydrogens (tertiary/aromatic N) is 1. The highest BCUT2D eigenvalue weighted by atomic mass is 19.1. The van der Waals surface area contributed by atoms with Crippen LogP contribution in [0.15, 0.2) is 24.3 Å². The molecule has 1 aliphatic rings. The highest BCUT2D eigenvalue weighted by molar-refractivity contribution is 5.81. The van der Waals surface area contributed by atoms with Crippen molar-refractivity contribution in [3.8, 4) is 5.75 Å². The van der Waals surface area contributed by atoms with Crippen LogP contribution in [0.3, 0.4) is 0 Å². The zero-order valence-electron chi connectivity index (χ0n) is 10.3. The fourth-order valence-corrected chi connectivity index (χ4v) is 2.04. The Kier molecular flexibility index (Phi) is 3.81. The van der Waals surface area contributed by atoms with Gasteiger partial charge < -0.3 is 15.4 Å². The average molecular weight is 252 g/mol. The van der Waals surface area contributed by atoms with Crippen molar-refractivity contribution in [2.24, 2.45) is 5.73 Å². The molecule has 2 N–H and O–H groups in total. The first-order valence-electron chi connectivity index (χ1n) is 6.03. The molecule has 1 aromatic carbocycles. The van der Waals surface area contributed by atoms with Crippen LogP contribution < -0.4 is 10.5 Å². The van der Waals surface area contributed by atoms with Gasteiger partial charge in [-0.2, -0.15) is 0 Å². The minimum Gasteiger partial charge on any atom is -0.481 e. The molecule has 5 heteroatoms. The van der Waals surface area contributed by atoms with Crippen LogP contribution in [0.1, 0.15) is 13.3 Å². The zero-order chi connectivity index (χ0) is 13.1. The smallest absolute Gasteiger partial charge is 0.263 e. The average Bonchev–Trinajstić information content (AvgIpc) is 2.75. The van der Waals surface area contributed by atoms with Crippen LogP contribution in [0.4, 0.5) is 4.39 Å². The highest BCUT2D eigenvalue weighted by Crippen LogP contribution is 2.16. The van der Waals surface area contributed by atoms with Crippen molar-refractivity contribution in [3.63, 3.8) is 0 Å². The Morgan fingerprint density at radius 3 is 3.00 bits per heavy atom. The summed E-state index contributed by atoms with van der Waals surface area (Å²) in [5.74, 6) is -0.123. The van der Waals surface area contributed by atoms with Gasteiger partial charge >= 0.3 is 0 Å². The lowest BCUT2D eigenvalue weighted by Crippen LogP contribution is -2.40. The van der Waals surface area contributed by atoms with Gasteiger partial charge in [0.15, 0.2) is 6.10 Å². The largest absolute Gasteiger partial charge is 0.481 e. The lowest BCUT2D eigenvalue weighted by Gasteiger charge is -2.21. The summed E-state index contributed by atoms with van der Waals surface area (Å²) in [4.78, 5) is 13.7. The molecule has 18 heavy (non-hydrogen) atoms. The molecule has 1 aromatic rings. The van der Waals surface area contributed by atoms with Gasteiger partial charge in [0.2, 0.25) is 0 Å². The predicted octanol–water partition coefficient (Wildman–Crippen LogP) is 1.15. The van der Waals surface area contributed by atoms with Gasteiger partial charge in [-0.25, -0.2) is 4.39 Å². The first-order valence-corrected chi connectivity index (χ1v) is 6.03. The van der Waals surface area contributed by atoms with Gasteiger partial charge in [-0.05, 0) is 25.5 Å². The molecule has 1 amide bonds. The Morgan fingerprint density at radius 2 is 2.39 bits per heavy atom. The van der Waals surface area contributed by atoms with Crippen LogP contribution >= 0.6 is 0 Å². The monoisotopic (exact) mass is 252 g/mol. The molecule has 0 aliphatic carbocycles. The Hall–Kier alpha value is -1.62. The Bertz CT molecular complexity index is 439. The van der Waals surface area contributed by atoms with E-state index in [0.717, 1.165) is 6.42 Å². The zero-order valence-corrected chi connectivity index (χ0v) is 10.3. The molecular weight excluding hydrogens is 235 g/mol. The van der Waals surface area contributed by atoms with Gasteiger partial charge in [0.1, 0.15) is 11.6 Å². The number of hydrogen-bond donors (Lipinski definition) is 1. The van der Waals surface area contributed by atoms with E-state index < -0.39 is 6.10 Å². The Balaban J connectivity index is 1.95. The second kappa shape index (κ2) is 5.35. The second-order valence-corrected chi connectivity index (χ2v) is 4.55. The van der Waals surface area contributed by atoms with E-state index in [2.05, 4.69) is 0 Å². The minimum atomic E-state index is -0.628. The van der Waals surface area contributed by atoms with Crippen molar-refractivity contribution >= 4 is 5.91 Å². The van der Waals surface area contributed by atoms with Crippen molar-refractivity contribution in [1.82, 2.24) is 4.90 Å². The predicted molar refractivity (Wildman–Crippen MR) is 65.7 cm³/mol. The number of hydrogen-bond acceptors (Lipinski definition) is 3. The number of carbonyl (C=O) groups is 1. The van der Waals surface area contributed by atoms with Gasteiger partial charge in [0.05, 0.1) is 0 Å². The van der Waals surface area contributed by atoms with Gasteiger partial charge in [-0.1, -0.05) is 6.07 Å². The number of likely N-dealkylation sites (tertiary alicyclic amines) is 1. The third-order valence-electron chi connectivity index (χ3n) is 2.99. The van der Waals surface area contributed by atoms with E-state index in [4.69, 9.17) is 10.5 Å². The molecule has 0 spiro atoms. The van der Waals surface area contributed by atoms with Gasteiger partial charge in [-0.15, -0.1) is 0 Å². The third kappa shape index (κ3) is 2.98. The quantitative estimate of drug-likeness (QED) is 0.878. The molecule has 98 valence electrons. The summed E-state index contributed by atoms with van der Waals surface area (Å²) < 4.78 is 18.4. The molecule has 1 saturated heterocycles. The van der Waals surface area contributed by atoms with Crippen molar-refractivity contribution in [3.05, 3.63) is 30.1 Å². The van der Waals surface area contributed by atoms with Crippen molar-refractivity contribution in [2.45, 2.75) is 25.5 Å². The van der Waals surface area contributed by atoms with Crippen LogP contribution in [-0.4, -0.2) is 36.0 Å². The van der Waals surface area contributed by atoms with Crippen LogP contribution in [0.2, 0.25) is 0 Å². The summed E-state index contributed by atoms with van der Waals surface area (Å²) in [5, 5.41) is 0. The number of rotatable bonds is 3. The maximum Gasteiger partial charge on any atom is 0.263 e. The van der Waals surface area contributed by atoms with Crippen LogP contribution in [0, 0.1) is 5.82 Å². The summed E-state index contributed by atoms with van der Waals surface area (Å²) in [6.07, 6.45) is 0.190. The number of halogens is 1. The van der Waals surface area contributed by atoms with E-state index in [-0.39, 0.29) is 17.8 Å². The molecule has 0 unspecified atom stereocenters. The highest BCUT2D eigenvalue weighted by Gasteiger charge is 2.28. The fraction of sp³-hybridized carbons (Fsp3) is 0.462. The molecule has 4 nitrogen and oxygen atoms in total. The van der Waals surface area contributed by atoms with Crippen molar-refractivity contribution in [1.29, 1.82) is 0 Å². The molecule has 2 atom stereocenters. The minimum absolute atomic E-state index is 0.0512. The lowest BCUT2D eigenvalue weighted by atomic mass is 10.3. The summed E-state index contributed by atoms with van der Waals surface area (Å²) in [6, 6.07) is 5.82. The molecule has 0 saturated carbocycles. The SMILES string of the molecule is C[C@H](Oc1cccc(F)c1)C(=O)N1CC[C@H](N)C1. The summed E-state index contributed by atoms with van der Waals surface area (Å²) in [5.41, 5.74) is 5.75. The molecule has 0 radical (unpaired) electrons. The first kappa shape index (κ1) is 12.8. The number of nitrogens with two attached hydrogens (primary N) is 1. The van der Waals surface area contributed by atoms with E-state index in [0.29, 0.717) is 18.8 Å². The molecular formula is C13H17FN2O2. The number of ether oxygens (including phenoxy) is 1. The van der Waals surface area contributed by atoms with Gasteiger partial charge in [-0.3, -0.25) is 4.79 Å². The molecule has 0 aromatic heterocycles. The van der Waals surface area contributed by atoms with E-state index >= 15 is 0 Å². The van der Waals surface area contributed by atoms with Crippen molar-refractivity contribution < 1.29 is 13.9 Å². The topological polar surface area (TPSA) is 55.6 Å². The Morgan fingerprint density at radius 1 is 1.61 bits per heavy atom. The maximum absolute atomic E-state index is 13.0. The third-order valence-corrected chi connectivity index (χ3v) is 2.99. The fourth-order valence-electron chi connectivity index (χ4n) is 2.04. The molecule has 1 heterocycles. The molecule has 2 rings (SSSR count). The maximum atomic E-state index is 13.0. The summed E-state index contributed by atoms with van der Waals surface area (Å²) >= 11 is 0. The van der Waals surface area contributed by atoms with Gasteiger partial charge in [0.25, 0.3) is 5.91 Å². The van der Waals surface area contributed by atoms with E-state index in [1.54, 1.807) is 24.0 Å². The molecule has 1 aliphatic heterocycles. The van der Waals surface area contributed by atoms with E-state index in [1.165, 1.54) is 12.1 Å². The van der Waals surface area contributed by atoms with Crippen molar-refractivity contribution in [2.75, 3.05) is 13.1 Å². The first-order chi connectivity index (χ1) is 8.56. The summed E-state index contributed by atoms with van der Waals surface area (Å²) in [7, 11) is 0. The van der Waals surface area contributed by atoms with E-state index in [9.17, 15) is 9.18 Å². The number of carbonyl (C=O) groups excluding carboxylic acids is 1. The van der Waals surface area contributed by atoms with Crippen LogP contribution in [0.25, 0.3) is 0 Å².